The Morgan fingerprint density at radius 3 is 2.94 bits per heavy atom. The van der Waals surface area contributed by atoms with Gasteiger partial charge in [0.2, 0.25) is 0 Å². The molecular formula is C14H18N4. The Bertz CT molecular complexity index is 557. The number of fused-ring (bicyclic) bond motifs is 1. The second kappa shape index (κ2) is 4.53. The maximum atomic E-state index is 5.92. The molecule has 0 bridgehead atoms. The fourth-order valence-corrected chi connectivity index (χ4v) is 2.52. The molecule has 0 aromatic carbocycles. The fraction of sp³-hybridized carbons (Fsp3) is 0.429. The first kappa shape index (κ1) is 11.4. The predicted octanol–water partition coefficient (Wildman–Crippen LogP) is 2.17. The molecule has 2 aromatic heterocycles. The zero-order valence-corrected chi connectivity index (χ0v) is 10.6. The smallest absolute Gasteiger partial charge is 0.138 e. The first-order valence-electron chi connectivity index (χ1n) is 6.52. The van der Waals surface area contributed by atoms with Gasteiger partial charge in [-0.3, -0.25) is 4.57 Å². The lowest BCUT2D eigenvalue weighted by atomic mass is 10.0. The first-order chi connectivity index (χ1) is 8.75. The van der Waals surface area contributed by atoms with Crippen LogP contribution in [-0.2, 0) is 12.8 Å². The number of imidazole rings is 1. The van der Waals surface area contributed by atoms with E-state index in [9.17, 15) is 0 Å². The standard InChI is InChI=1S/C14H18N4/c1-10(15)11-6-7-16-14(8-11)18-9-17-12-4-2-3-5-13(12)18/h6-10H,2-5,15H2,1H3/t10-/m1/s1. The quantitative estimate of drug-likeness (QED) is 0.878. The summed E-state index contributed by atoms with van der Waals surface area (Å²) >= 11 is 0. The van der Waals surface area contributed by atoms with Crippen LogP contribution in [0, 0.1) is 0 Å². The average Bonchev–Trinajstić information content (AvgIpc) is 2.82. The number of pyridine rings is 1. The minimum atomic E-state index is 0.0334. The van der Waals surface area contributed by atoms with E-state index in [1.165, 1.54) is 24.2 Å². The molecule has 2 aromatic rings. The van der Waals surface area contributed by atoms with Crippen molar-refractivity contribution in [2.45, 2.75) is 38.6 Å². The second-order valence-corrected chi connectivity index (χ2v) is 4.95. The van der Waals surface area contributed by atoms with Crippen LogP contribution in [0.1, 0.15) is 42.8 Å². The average molecular weight is 242 g/mol. The third-order valence-electron chi connectivity index (χ3n) is 3.57. The molecule has 0 saturated carbocycles. The zero-order chi connectivity index (χ0) is 12.5. The molecule has 1 aliphatic rings. The molecular weight excluding hydrogens is 224 g/mol. The number of aromatic nitrogens is 3. The Hall–Kier alpha value is -1.68. The van der Waals surface area contributed by atoms with Crippen LogP contribution in [0.15, 0.2) is 24.7 Å². The van der Waals surface area contributed by atoms with Gasteiger partial charge in [-0.1, -0.05) is 0 Å². The molecule has 2 N–H and O–H groups in total. The second-order valence-electron chi connectivity index (χ2n) is 4.95. The molecule has 0 saturated heterocycles. The summed E-state index contributed by atoms with van der Waals surface area (Å²) in [6.07, 6.45) is 8.39. The highest BCUT2D eigenvalue weighted by atomic mass is 15.1. The van der Waals surface area contributed by atoms with E-state index in [1.54, 1.807) is 0 Å². The van der Waals surface area contributed by atoms with Crippen LogP contribution in [0.2, 0.25) is 0 Å². The Balaban J connectivity index is 2.04. The summed E-state index contributed by atoms with van der Waals surface area (Å²) in [6.45, 7) is 1.99. The van der Waals surface area contributed by atoms with Crippen molar-refractivity contribution in [3.8, 4) is 5.82 Å². The molecule has 3 rings (SSSR count). The molecule has 0 aliphatic heterocycles. The van der Waals surface area contributed by atoms with Crippen LogP contribution in [0.5, 0.6) is 0 Å². The van der Waals surface area contributed by atoms with Gasteiger partial charge in [0, 0.05) is 17.9 Å². The highest BCUT2D eigenvalue weighted by molar-refractivity contribution is 5.33. The Kier molecular flexibility index (Phi) is 2.88. The van der Waals surface area contributed by atoms with E-state index in [0.717, 1.165) is 24.2 Å². The van der Waals surface area contributed by atoms with Crippen molar-refractivity contribution in [3.63, 3.8) is 0 Å². The van der Waals surface area contributed by atoms with E-state index in [0.29, 0.717) is 0 Å². The third-order valence-corrected chi connectivity index (χ3v) is 3.57. The normalized spacial score (nSPS) is 16.3. The molecule has 94 valence electrons. The molecule has 4 nitrogen and oxygen atoms in total. The van der Waals surface area contributed by atoms with Crippen molar-refractivity contribution >= 4 is 0 Å². The van der Waals surface area contributed by atoms with Crippen molar-refractivity contribution in [2.24, 2.45) is 5.73 Å². The minimum Gasteiger partial charge on any atom is -0.324 e. The third kappa shape index (κ3) is 1.93. The summed E-state index contributed by atoms with van der Waals surface area (Å²) in [5, 5.41) is 0. The highest BCUT2D eigenvalue weighted by Gasteiger charge is 2.16. The summed E-state index contributed by atoms with van der Waals surface area (Å²) in [5.41, 5.74) is 9.58. The SMILES string of the molecule is C[C@@H](N)c1ccnc(-n2cnc3c2CCCC3)c1. The molecule has 0 unspecified atom stereocenters. The van der Waals surface area contributed by atoms with Crippen LogP contribution in [-0.4, -0.2) is 14.5 Å². The van der Waals surface area contributed by atoms with Gasteiger partial charge in [-0.15, -0.1) is 0 Å². The Morgan fingerprint density at radius 2 is 2.11 bits per heavy atom. The lowest BCUT2D eigenvalue weighted by Gasteiger charge is -2.14. The highest BCUT2D eigenvalue weighted by Crippen LogP contribution is 2.23. The fourth-order valence-electron chi connectivity index (χ4n) is 2.52. The van der Waals surface area contributed by atoms with Gasteiger partial charge in [0.05, 0.1) is 5.69 Å². The molecule has 0 spiro atoms. The van der Waals surface area contributed by atoms with Crippen LogP contribution in [0.3, 0.4) is 0 Å². The summed E-state index contributed by atoms with van der Waals surface area (Å²) < 4.78 is 2.11. The van der Waals surface area contributed by atoms with Crippen LogP contribution in [0.4, 0.5) is 0 Å². The van der Waals surface area contributed by atoms with E-state index >= 15 is 0 Å². The van der Waals surface area contributed by atoms with Gasteiger partial charge in [0.25, 0.3) is 0 Å². The monoisotopic (exact) mass is 242 g/mol. The van der Waals surface area contributed by atoms with E-state index in [4.69, 9.17) is 5.73 Å². The van der Waals surface area contributed by atoms with E-state index in [-0.39, 0.29) is 6.04 Å². The van der Waals surface area contributed by atoms with E-state index in [1.807, 2.05) is 25.5 Å². The van der Waals surface area contributed by atoms with Crippen molar-refractivity contribution < 1.29 is 0 Å². The van der Waals surface area contributed by atoms with E-state index in [2.05, 4.69) is 20.6 Å². The first-order valence-corrected chi connectivity index (χ1v) is 6.52. The van der Waals surface area contributed by atoms with Gasteiger partial charge in [0.15, 0.2) is 0 Å². The largest absolute Gasteiger partial charge is 0.324 e. The topological polar surface area (TPSA) is 56.7 Å². The summed E-state index contributed by atoms with van der Waals surface area (Å²) in [4.78, 5) is 8.94. The Morgan fingerprint density at radius 1 is 1.28 bits per heavy atom. The predicted molar refractivity (Wildman–Crippen MR) is 70.6 cm³/mol. The maximum Gasteiger partial charge on any atom is 0.138 e. The van der Waals surface area contributed by atoms with Gasteiger partial charge >= 0.3 is 0 Å². The number of hydrogen-bond acceptors (Lipinski definition) is 3. The molecule has 18 heavy (non-hydrogen) atoms. The van der Waals surface area contributed by atoms with Gasteiger partial charge in [-0.25, -0.2) is 9.97 Å². The molecule has 4 heteroatoms. The molecule has 0 radical (unpaired) electrons. The van der Waals surface area contributed by atoms with Crippen molar-refractivity contribution in [2.75, 3.05) is 0 Å². The zero-order valence-electron chi connectivity index (χ0n) is 10.6. The van der Waals surface area contributed by atoms with Gasteiger partial charge in [-0.2, -0.15) is 0 Å². The van der Waals surface area contributed by atoms with Crippen molar-refractivity contribution in [1.29, 1.82) is 0 Å². The van der Waals surface area contributed by atoms with Crippen molar-refractivity contribution in [1.82, 2.24) is 14.5 Å². The molecule has 1 atom stereocenters. The lowest BCUT2D eigenvalue weighted by Crippen LogP contribution is -2.10. The summed E-state index contributed by atoms with van der Waals surface area (Å²) in [7, 11) is 0. The number of rotatable bonds is 2. The summed E-state index contributed by atoms with van der Waals surface area (Å²) in [5.74, 6) is 0.931. The molecule has 0 amide bonds. The van der Waals surface area contributed by atoms with Gasteiger partial charge in [-0.05, 0) is 50.3 Å². The van der Waals surface area contributed by atoms with Crippen LogP contribution in [0.25, 0.3) is 5.82 Å². The minimum absolute atomic E-state index is 0.0334. The number of hydrogen-bond donors (Lipinski definition) is 1. The van der Waals surface area contributed by atoms with E-state index < -0.39 is 0 Å². The number of nitrogens with zero attached hydrogens (tertiary/aromatic N) is 3. The van der Waals surface area contributed by atoms with Crippen LogP contribution >= 0.6 is 0 Å². The Labute approximate surface area is 107 Å². The van der Waals surface area contributed by atoms with Crippen molar-refractivity contribution in [3.05, 3.63) is 41.6 Å². The number of nitrogens with two attached hydrogens (primary N) is 1. The lowest BCUT2D eigenvalue weighted by molar-refractivity contribution is 0.654. The molecule has 1 aliphatic carbocycles. The molecule has 2 heterocycles. The maximum absolute atomic E-state index is 5.92. The summed E-state index contributed by atoms with van der Waals surface area (Å²) in [6, 6.07) is 4.06. The number of aryl methyl sites for hydroxylation is 1. The molecule has 0 fully saturated rings. The van der Waals surface area contributed by atoms with Gasteiger partial charge < -0.3 is 5.73 Å². The van der Waals surface area contributed by atoms with Crippen LogP contribution < -0.4 is 5.73 Å². The van der Waals surface area contributed by atoms with Gasteiger partial charge in [0.1, 0.15) is 12.1 Å².